The molecule has 14 heavy (non-hydrogen) atoms. The van der Waals surface area contributed by atoms with Gasteiger partial charge in [0.05, 0.1) is 6.61 Å². The number of esters is 1. The minimum absolute atomic E-state index is 0.0300. The Bertz CT molecular complexity index is 216. The minimum Gasteiger partial charge on any atom is -0.464 e. The zero-order valence-corrected chi connectivity index (χ0v) is 10.7. The summed E-state index contributed by atoms with van der Waals surface area (Å²) in [5.74, 6) is -1.12. The van der Waals surface area contributed by atoms with Gasteiger partial charge in [-0.3, -0.25) is 0 Å². The number of alkyl halides is 5. The molecular weight excluding hydrogens is 297 g/mol. The normalized spacial score (nSPS) is 16.6. The molecule has 0 aromatic rings. The van der Waals surface area contributed by atoms with Gasteiger partial charge < -0.3 is 9.84 Å². The van der Waals surface area contributed by atoms with Crippen LogP contribution in [0.4, 0.5) is 0 Å². The standard InChI is InChI=1S/C6H7Cl5O3/c1-2-14-4(12)5(9,10)6(11,13)3(7)8/h3,13H,2H2,1H3. The van der Waals surface area contributed by atoms with Crippen molar-refractivity contribution in [3.05, 3.63) is 0 Å². The molecule has 0 aromatic heterocycles. The van der Waals surface area contributed by atoms with Crippen molar-refractivity contribution in [3.8, 4) is 0 Å². The molecule has 1 N–H and O–H groups in total. The summed E-state index contributed by atoms with van der Waals surface area (Å²) < 4.78 is 2.05. The largest absolute Gasteiger partial charge is 0.464 e. The van der Waals surface area contributed by atoms with Crippen molar-refractivity contribution in [3.63, 3.8) is 0 Å². The Morgan fingerprint density at radius 3 is 2.14 bits per heavy atom. The topological polar surface area (TPSA) is 46.5 Å². The molecule has 0 aliphatic rings. The summed E-state index contributed by atoms with van der Waals surface area (Å²) in [6, 6.07) is 0. The summed E-state index contributed by atoms with van der Waals surface area (Å²) in [5, 5.41) is 6.93. The van der Waals surface area contributed by atoms with E-state index in [0.717, 1.165) is 0 Å². The maximum absolute atomic E-state index is 11.2. The van der Waals surface area contributed by atoms with Crippen LogP contribution in [0.1, 0.15) is 6.92 Å². The van der Waals surface area contributed by atoms with Gasteiger partial charge in [-0.15, -0.1) is 23.2 Å². The van der Waals surface area contributed by atoms with Gasteiger partial charge in [-0.05, 0) is 6.92 Å². The van der Waals surface area contributed by atoms with E-state index in [2.05, 4.69) is 4.74 Å². The van der Waals surface area contributed by atoms with E-state index in [9.17, 15) is 9.90 Å². The van der Waals surface area contributed by atoms with Crippen molar-refractivity contribution < 1.29 is 14.6 Å². The molecule has 1 atom stereocenters. The van der Waals surface area contributed by atoms with E-state index in [1.807, 2.05) is 0 Å². The fourth-order valence-electron chi connectivity index (χ4n) is 0.502. The predicted octanol–water partition coefficient (Wildman–Crippen LogP) is 2.45. The van der Waals surface area contributed by atoms with Gasteiger partial charge in [-0.25, -0.2) is 4.79 Å². The second kappa shape index (κ2) is 5.28. The number of ether oxygens (including phenoxy) is 1. The lowest BCUT2D eigenvalue weighted by Crippen LogP contribution is -2.52. The Kier molecular flexibility index (Phi) is 5.61. The van der Waals surface area contributed by atoms with Crippen LogP contribution in [0.3, 0.4) is 0 Å². The van der Waals surface area contributed by atoms with Crippen LogP contribution in [0.15, 0.2) is 0 Å². The Morgan fingerprint density at radius 2 is 1.86 bits per heavy atom. The van der Waals surface area contributed by atoms with E-state index in [1.54, 1.807) is 0 Å². The lowest BCUT2D eigenvalue weighted by Gasteiger charge is -2.31. The van der Waals surface area contributed by atoms with Gasteiger partial charge in [0.1, 0.15) is 0 Å². The average Bonchev–Trinajstić information content (AvgIpc) is 2.04. The smallest absolute Gasteiger partial charge is 0.347 e. The molecule has 0 saturated carbocycles. The zero-order valence-electron chi connectivity index (χ0n) is 6.94. The molecule has 8 heteroatoms. The molecule has 0 aliphatic carbocycles. The second-order valence-electron chi connectivity index (χ2n) is 2.27. The zero-order chi connectivity index (χ0) is 11.6. The van der Waals surface area contributed by atoms with E-state index in [4.69, 9.17) is 58.0 Å². The Hall–Kier alpha value is 0.880. The summed E-state index contributed by atoms with van der Waals surface area (Å²) in [6.45, 7) is 1.57. The molecule has 0 aliphatic heterocycles. The van der Waals surface area contributed by atoms with Crippen LogP contribution in [0.5, 0.6) is 0 Å². The lowest BCUT2D eigenvalue weighted by molar-refractivity contribution is -0.147. The lowest BCUT2D eigenvalue weighted by atomic mass is 10.2. The first-order chi connectivity index (χ1) is 6.17. The fourth-order valence-corrected chi connectivity index (χ4v) is 1.46. The van der Waals surface area contributed by atoms with Crippen molar-refractivity contribution in [2.75, 3.05) is 6.61 Å². The molecule has 0 fully saturated rings. The third-order valence-electron chi connectivity index (χ3n) is 1.26. The van der Waals surface area contributed by atoms with Crippen LogP contribution in [0, 0.1) is 0 Å². The monoisotopic (exact) mass is 302 g/mol. The van der Waals surface area contributed by atoms with Crippen molar-refractivity contribution in [2.24, 2.45) is 0 Å². The summed E-state index contributed by atoms with van der Waals surface area (Å²) in [5.41, 5.74) is 0. The number of hydrogen-bond donors (Lipinski definition) is 1. The number of carbonyl (C=O) groups excluding carboxylic acids is 1. The number of aliphatic hydroxyl groups is 1. The van der Waals surface area contributed by atoms with Crippen LogP contribution in [-0.2, 0) is 9.53 Å². The molecule has 0 bridgehead atoms. The van der Waals surface area contributed by atoms with Gasteiger partial charge in [0.2, 0.25) is 5.06 Å². The van der Waals surface area contributed by atoms with Gasteiger partial charge in [0.25, 0.3) is 4.33 Å². The third kappa shape index (κ3) is 2.94. The Morgan fingerprint density at radius 1 is 1.43 bits per heavy atom. The maximum atomic E-state index is 11.2. The van der Waals surface area contributed by atoms with Crippen LogP contribution in [0.25, 0.3) is 0 Å². The maximum Gasteiger partial charge on any atom is 0.347 e. The second-order valence-corrected chi connectivity index (χ2v) is 5.27. The number of halogens is 5. The molecule has 0 rings (SSSR count). The molecule has 0 heterocycles. The SMILES string of the molecule is CCOC(=O)C(Cl)(Cl)C(O)(Cl)C(Cl)Cl. The van der Waals surface area contributed by atoms with E-state index in [-0.39, 0.29) is 6.61 Å². The highest BCUT2D eigenvalue weighted by Crippen LogP contribution is 2.43. The van der Waals surface area contributed by atoms with E-state index in [0.29, 0.717) is 0 Å². The highest BCUT2D eigenvalue weighted by atomic mass is 35.5. The first-order valence-electron chi connectivity index (χ1n) is 3.42. The first kappa shape index (κ1) is 14.9. The summed E-state index contributed by atoms with van der Waals surface area (Å²) >= 11 is 27.0. The average molecular weight is 304 g/mol. The molecule has 3 nitrogen and oxygen atoms in total. The van der Waals surface area contributed by atoms with Crippen LogP contribution in [-0.4, -0.2) is 31.9 Å². The van der Waals surface area contributed by atoms with Gasteiger partial charge in [0, 0.05) is 0 Å². The van der Waals surface area contributed by atoms with E-state index >= 15 is 0 Å². The van der Waals surface area contributed by atoms with Crippen molar-refractivity contribution in [1.29, 1.82) is 0 Å². The summed E-state index contributed by atoms with van der Waals surface area (Å²) in [6.07, 6.45) is 0. The highest BCUT2D eigenvalue weighted by Gasteiger charge is 2.58. The molecular formula is C6H7Cl5O3. The number of carbonyl (C=O) groups is 1. The summed E-state index contributed by atoms with van der Waals surface area (Å²) in [4.78, 5) is 9.62. The van der Waals surface area contributed by atoms with Crippen LogP contribution >= 0.6 is 58.0 Å². The molecule has 0 spiro atoms. The van der Waals surface area contributed by atoms with Gasteiger partial charge in [-0.1, -0.05) is 34.8 Å². The Labute approximate surface area is 106 Å². The van der Waals surface area contributed by atoms with E-state index < -0.39 is 20.2 Å². The third-order valence-corrected chi connectivity index (χ3v) is 3.70. The molecule has 0 aromatic carbocycles. The molecule has 0 saturated heterocycles. The quantitative estimate of drug-likeness (QED) is 0.641. The molecule has 0 radical (unpaired) electrons. The van der Waals surface area contributed by atoms with Crippen molar-refractivity contribution in [2.45, 2.75) is 21.2 Å². The number of rotatable bonds is 4. The predicted molar refractivity (Wildman–Crippen MR) is 57.4 cm³/mol. The minimum atomic E-state index is -2.52. The van der Waals surface area contributed by atoms with E-state index in [1.165, 1.54) is 6.92 Å². The van der Waals surface area contributed by atoms with Gasteiger partial charge in [-0.2, -0.15) is 0 Å². The number of hydrogen-bond acceptors (Lipinski definition) is 3. The highest BCUT2D eigenvalue weighted by molar-refractivity contribution is 6.64. The van der Waals surface area contributed by atoms with Crippen LogP contribution in [0.2, 0.25) is 0 Å². The van der Waals surface area contributed by atoms with Gasteiger partial charge >= 0.3 is 5.97 Å². The molecule has 84 valence electrons. The first-order valence-corrected chi connectivity index (χ1v) is 5.43. The van der Waals surface area contributed by atoms with Crippen molar-refractivity contribution in [1.82, 2.24) is 0 Å². The molecule has 1 unspecified atom stereocenters. The Balaban J connectivity index is 4.84. The fraction of sp³-hybridized carbons (Fsp3) is 0.833. The van der Waals surface area contributed by atoms with Crippen molar-refractivity contribution >= 4 is 64.0 Å². The van der Waals surface area contributed by atoms with Gasteiger partial charge in [0.15, 0.2) is 4.84 Å². The summed E-state index contributed by atoms with van der Waals surface area (Å²) in [7, 11) is 0. The molecule has 0 amide bonds. The van der Waals surface area contributed by atoms with Crippen LogP contribution < -0.4 is 0 Å².